The number of aromatic nitrogens is 23. The number of H-pyrrole nitrogens is 3. The first kappa shape index (κ1) is 94.1. The third-order valence-electron chi connectivity index (χ3n) is 22.1. The number of aliphatic hydroxyl groups is 5. The summed E-state index contributed by atoms with van der Waals surface area (Å²) in [6.07, 6.45) is -27.8. The Labute approximate surface area is 749 Å². The number of imidazole rings is 6. The summed E-state index contributed by atoms with van der Waals surface area (Å²) in [6, 6.07) is 1.54. The van der Waals surface area contributed by atoms with E-state index in [1.165, 1.54) is 55.8 Å². The zero-order valence-corrected chi connectivity index (χ0v) is 73.5. The van der Waals surface area contributed by atoms with E-state index in [1.54, 1.807) is 0 Å². The molecular formula is C61H72FN29O37P6S. The third kappa shape index (κ3) is 18.1. The van der Waals surface area contributed by atoms with Gasteiger partial charge < -0.3 is 127 Å². The smallest absolute Gasteiger partial charge is 0.387 e. The van der Waals surface area contributed by atoms with Gasteiger partial charge in [-0.1, -0.05) is 12.2 Å². The predicted octanol–water partition coefficient (Wildman–Crippen LogP) is -4.07. The number of hydrogen-bond donors (Lipinski definition) is 20. The molecule has 12 aromatic rings. The van der Waals surface area contributed by atoms with Gasteiger partial charge in [0.2, 0.25) is 11.9 Å². The molecule has 9 saturated heterocycles. The molecule has 21 heterocycles. The predicted molar refractivity (Wildman–Crippen MR) is 436 cm³/mol. The minimum absolute atomic E-state index is 0.0241. The number of hydrogen-bond acceptors (Lipinski definition) is 52. The molecule has 9 fully saturated rings. The van der Waals surface area contributed by atoms with Gasteiger partial charge in [-0.25, -0.2) is 91.6 Å². The number of phosphoric ester groups is 6. The molecule has 21 rings (SSSR count). The van der Waals surface area contributed by atoms with Crippen molar-refractivity contribution in [1.29, 1.82) is 0 Å². The molecule has 12 aromatic heterocycles. The number of phosphoric acid groups is 6. The second-order valence-electron chi connectivity index (χ2n) is 30.5. The number of nitrogens with two attached hydrogens (primary N) is 6. The first-order valence-electron chi connectivity index (χ1n) is 39.0. The fourth-order valence-corrected chi connectivity index (χ4v) is 21.9. The number of aromatic amines is 3. The molecular weight excluding hydrogens is 1970 g/mol. The molecule has 0 amide bonds. The third-order valence-corrected chi connectivity index (χ3v) is 28.3. The fraction of sp³-hybridized carbons (Fsp3) is 0.492. The summed E-state index contributed by atoms with van der Waals surface area (Å²) in [4.78, 5) is 152. The fourth-order valence-electron chi connectivity index (χ4n) is 16.0. The minimum atomic E-state index is -5.19. The highest BCUT2D eigenvalue weighted by Crippen LogP contribution is 2.59. The molecule has 0 saturated carbocycles. The molecule has 74 heteroatoms. The Morgan fingerprint density at radius 1 is 0.348 bits per heavy atom. The molecule has 726 valence electrons. The van der Waals surface area contributed by atoms with Crippen LogP contribution < -0.4 is 45.5 Å². The number of halogens is 1. The van der Waals surface area contributed by atoms with Crippen LogP contribution in [0.25, 0.3) is 66.9 Å². The monoisotopic (exact) mass is 2040 g/mol. The lowest BCUT2D eigenvalue weighted by atomic mass is 10.1. The first-order chi connectivity index (χ1) is 63.9. The summed E-state index contributed by atoms with van der Waals surface area (Å²) in [5.41, 5.74) is 34.1. The number of fused-ring (bicyclic) bond motifs is 15. The van der Waals surface area contributed by atoms with Crippen molar-refractivity contribution >= 4 is 161 Å². The molecule has 9 aliphatic rings. The quantitative estimate of drug-likeness (QED) is 0.0556. The van der Waals surface area contributed by atoms with E-state index in [0.717, 1.165) is 34.4 Å². The lowest BCUT2D eigenvalue weighted by Crippen LogP contribution is -2.36. The molecule has 6 bridgehead atoms. The number of pyridine rings is 1. The molecule has 0 aliphatic carbocycles. The topological polar surface area (TPSA) is 939 Å². The van der Waals surface area contributed by atoms with Gasteiger partial charge in [-0.15, -0.1) is 0 Å². The number of nitrogens with one attached hydrogen (secondary N) is 3. The molecule has 30 atom stereocenters. The molecule has 26 N–H and O–H groups in total. The Hall–Kier alpha value is -9.86. The van der Waals surface area contributed by atoms with E-state index in [9.17, 15) is 91.9 Å². The summed E-state index contributed by atoms with van der Waals surface area (Å²) >= 11 is 5.19. The number of nitrogen functional groups attached to an aromatic ring is 6. The highest BCUT2D eigenvalue weighted by atomic mass is 32.1. The van der Waals surface area contributed by atoms with Crippen LogP contribution in [0.3, 0.4) is 0 Å². The molecule has 66 nitrogen and oxygen atoms in total. The second kappa shape index (κ2) is 35.5. The van der Waals surface area contributed by atoms with E-state index >= 15 is 4.39 Å². The molecule has 0 spiro atoms. The number of anilines is 6. The average molecular weight is 2040 g/mol. The summed E-state index contributed by atoms with van der Waals surface area (Å²) in [5, 5.41) is 55.5. The van der Waals surface area contributed by atoms with Gasteiger partial charge in [0, 0.05) is 6.20 Å². The van der Waals surface area contributed by atoms with E-state index in [2.05, 4.69) is 84.7 Å². The van der Waals surface area contributed by atoms with E-state index in [0.29, 0.717) is 5.52 Å². The van der Waals surface area contributed by atoms with Crippen LogP contribution in [-0.4, -0.2) is 317 Å². The Bertz CT molecular complexity index is 6470. The van der Waals surface area contributed by atoms with Crippen molar-refractivity contribution in [2.75, 3.05) is 74.0 Å². The van der Waals surface area contributed by atoms with Crippen molar-refractivity contribution in [3.05, 3.63) is 88.2 Å². The summed E-state index contributed by atoms with van der Waals surface area (Å²) in [6.45, 7) is -5.02. The Morgan fingerprint density at radius 2 is 0.667 bits per heavy atom. The second-order valence-corrected chi connectivity index (χ2v) is 39.3. The van der Waals surface area contributed by atoms with Crippen molar-refractivity contribution in [3.8, 4) is 0 Å². The molecule has 0 radical (unpaired) electrons. The lowest BCUT2D eigenvalue weighted by Gasteiger charge is -2.26. The SMILES string of the molecule is Nc1nc(=S)c2ncn([C@@H]3O[C@@H]4COP(=O)(O)O[C@H]5[C@@H](O)[C@H](n6cnc7c(N)ncnc76)O[C@@H]5COP(=O)(O)O[C@@H]3[C@@H]4O)c2[nH]1.Nc1nc2c(ncn2[C@@H]2O[C@@H]3COP(=O)(O)O[C@H]4[C@@H](O)[C@H](n5cnc6c(N)nccc65)O[C@@H]4COP(=O)(O)O[C@@H]2[C@@H]3O)c(=O)[nH]1.Nc1nc2c(ncn2[C@@H]2O[C@@H]3COP(=O)(O)O[C@H]4[C@@H](O)[C@H](n5cnc6c(N)ncnc65)O[C@@H]4COP(=O)(O)O[C@@H]2[C@H]3F)c(=O)[nH]1. The van der Waals surface area contributed by atoms with E-state index in [4.69, 9.17) is 129 Å². The van der Waals surface area contributed by atoms with Gasteiger partial charge in [0.1, 0.15) is 144 Å². The van der Waals surface area contributed by atoms with Crippen LogP contribution in [0.15, 0.2) is 72.5 Å². The van der Waals surface area contributed by atoms with Crippen molar-refractivity contribution in [2.24, 2.45) is 0 Å². The number of nitrogens with zero attached hydrogens (tertiary/aromatic N) is 20. The van der Waals surface area contributed by atoms with E-state index in [1.807, 2.05) is 0 Å². The van der Waals surface area contributed by atoms with Gasteiger partial charge in [-0.05, 0) is 6.07 Å². The van der Waals surface area contributed by atoms with Crippen LogP contribution in [0, 0.1) is 4.64 Å². The minimum Gasteiger partial charge on any atom is -0.387 e. The van der Waals surface area contributed by atoms with E-state index in [-0.39, 0.29) is 101 Å². The Kier molecular flexibility index (Phi) is 24.8. The molecule has 0 aromatic carbocycles. The normalized spacial score (nSPS) is 37.7. The number of ether oxygens (including phenoxy) is 6. The maximum Gasteiger partial charge on any atom is 0.472 e. The number of aliphatic hydroxyl groups excluding tert-OH is 5. The van der Waals surface area contributed by atoms with Crippen molar-refractivity contribution in [3.63, 3.8) is 0 Å². The van der Waals surface area contributed by atoms with Gasteiger partial charge >= 0.3 is 46.9 Å². The van der Waals surface area contributed by atoms with Crippen LogP contribution in [0.1, 0.15) is 37.4 Å². The molecule has 6 unspecified atom stereocenters. The van der Waals surface area contributed by atoms with Crippen molar-refractivity contribution in [1.82, 2.24) is 112 Å². The van der Waals surface area contributed by atoms with Crippen LogP contribution >= 0.6 is 59.2 Å². The average Bonchev–Trinajstić information content (AvgIpc) is 1.62. The zero-order chi connectivity index (χ0) is 95.5. The summed E-state index contributed by atoms with van der Waals surface area (Å²) < 4.78 is 199. The number of alkyl halides is 1. The first-order valence-corrected chi connectivity index (χ1v) is 48.3. The van der Waals surface area contributed by atoms with Crippen molar-refractivity contribution in [2.45, 2.75) is 147 Å². The van der Waals surface area contributed by atoms with Gasteiger partial charge in [0.15, 0.2) is 105 Å². The van der Waals surface area contributed by atoms with Gasteiger partial charge in [0.05, 0.1) is 83.1 Å². The van der Waals surface area contributed by atoms with E-state index < -0.39 is 245 Å². The maximum absolute atomic E-state index is 15.7. The largest absolute Gasteiger partial charge is 0.472 e. The summed E-state index contributed by atoms with van der Waals surface area (Å²) in [5.74, 6) is -0.506. The van der Waals surface area contributed by atoms with Crippen LogP contribution in [0.5, 0.6) is 0 Å². The summed E-state index contributed by atoms with van der Waals surface area (Å²) in [7, 11) is -30.6. The Morgan fingerprint density at radius 3 is 1.11 bits per heavy atom. The molecule has 135 heavy (non-hydrogen) atoms. The molecule has 9 aliphatic heterocycles. The van der Waals surface area contributed by atoms with Crippen molar-refractivity contribution < 1.29 is 169 Å². The maximum atomic E-state index is 15.7. The lowest BCUT2D eigenvalue weighted by molar-refractivity contribution is -0.0673. The zero-order valence-electron chi connectivity index (χ0n) is 67.3. The van der Waals surface area contributed by atoms with Gasteiger partial charge in [-0.2, -0.15) is 9.97 Å². The van der Waals surface area contributed by atoms with Crippen LogP contribution in [-0.2, 0) is 110 Å². The highest BCUT2D eigenvalue weighted by molar-refractivity contribution is 7.71. The standard InChI is InChI=1S/C21H25N9O13P2.C20H23FN10O12P2.C20H24N10O12P2S/c22-16-10-7(1-2-24-16)29(5-25-10)19-13(32)14-9(41-19)4-39-45(36,37)43-15-12(31)8(3-38-44(34,35)42-14)40-20(15)30-6-26-11-17(30)27-21(23)28-18(11)33;21-8-6-1-38-44(34,35)42-12-7(41-18(11(12)32)30-4-26-9-14(22)24-3-25-15(9)30)2-39-45(36,37)43-13(8)19(40-6)31-5-27-10-16(31)28-20(23)29-17(10)33;21-14-8-15(24-3-23-14)29(4-25-8)18-11(32)12-7(40-18)2-38-44(35,36)42-13-10(31)6(1-37-43(33,34)41-12)39-19(13)30-5-26-9-16(30)27-20(22)28-17(9)45/h1-2,5-6,8-9,12-15,19-20,31-32H,3-4H2,(H2,22,24)(H,34,35)(H,36,37)(H3,23,27,28,33);3-8,11-13,18-19,32H,1-2H2,(H,34,35)(H,36,37)(H2,22,24,25)(H3,23,28,29,33);3-7,10-13,18-19,31-32H,1-2H2,(H,33,34)(H,35,36)(H2,21,23,24)(H3,22,27,28,45)/t8-,9-,12-,13-,14-,15-,19-,20-;6-,7-,8+,11-,12-,13-,18-,19-;6-,7-,10-,11-,12-,13-,18-,19-/m111/s1. The van der Waals surface area contributed by atoms with Crippen LogP contribution in [0.2, 0.25) is 0 Å². The van der Waals surface area contributed by atoms with Gasteiger partial charge in [-0.3, -0.25) is 96.7 Å². The highest BCUT2D eigenvalue weighted by Gasteiger charge is 2.60. The Balaban J connectivity index is 0.000000130. The van der Waals surface area contributed by atoms with Crippen LogP contribution in [0.4, 0.5) is 39.7 Å². The van der Waals surface area contributed by atoms with Gasteiger partial charge in [0.25, 0.3) is 11.1 Å². The number of rotatable bonds is 6.